The molecular weight excluding hydrogens is 398 g/mol. The number of ketones is 1. The summed E-state index contributed by atoms with van der Waals surface area (Å²) >= 11 is 1.54. The van der Waals surface area contributed by atoms with E-state index in [0.29, 0.717) is 22.8 Å². The second-order valence-electron chi connectivity index (χ2n) is 7.52. The average Bonchev–Trinajstić information content (AvgIpc) is 3.21. The zero-order chi connectivity index (χ0) is 20.9. The zero-order valence-electron chi connectivity index (χ0n) is 17.1. The Hall–Kier alpha value is -2.61. The zero-order valence-corrected chi connectivity index (χ0v) is 17.9. The molecule has 2 heterocycles. The summed E-state index contributed by atoms with van der Waals surface area (Å²) in [4.78, 5) is 32.9. The van der Waals surface area contributed by atoms with Crippen LogP contribution in [0.25, 0.3) is 10.2 Å². The van der Waals surface area contributed by atoms with E-state index in [-0.39, 0.29) is 11.7 Å². The van der Waals surface area contributed by atoms with Gasteiger partial charge in [0.2, 0.25) is 0 Å². The number of hydrogen-bond acceptors (Lipinski definition) is 5. The third-order valence-electron chi connectivity index (χ3n) is 5.41. The van der Waals surface area contributed by atoms with Gasteiger partial charge in [0, 0.05) is 24.1 Å². The SMILES string of the molecule is CC(=O)c1ccc(C(=O)N(CCC[NH+]2CCOCC2)c2nc3ccccc3s2)cc1. The summed E-state index contributed by atoms with van der Waals surface area (Å²) in [6.45, 7) is 6.77. The highest BCUT2D eigenvalue weighted by molar-refractivity contribution is 7.22. The summed E-state index contributed by atoms with van der Waals surface area (Å²) in [7, 11) is 0. The first-order chi connectivity index (χ1) is 14.6. The third kappa shape index (κ3) is 4.75. The van der Waals surface area contributed by atoms with Gasteiger partial charge < -0.3 is 9.64 Å². The lowest BCUT2D eigenvalue weighted by Gasteiger charge is -2.25. The minimum absolute atomic E-state index is 0.00878. The average molecular weight is 425 g/mol. The molecule has 156 valence electrons. The minimum atomic E-state index is -0.0823. The maximum atomic E-state index is 13.4. The number of quaternary nitrogens is 1. The Morgan fingerprint density at radius 2 is 1.77 bits per heavy atom. The number of anilines is 1. The number of thiazole rings is 1. The topological polar surface area (TPSA) is 63.9 Å². The van der Waals surface area contributed by atoms with Crippen molar-refractivity contribution in [1.82, 2.24) is 4.98 Å². The number of Topliss-reactive ketones (excluding diaryl/α,β-unsaturated/α-hetero) is 1. The standard InChI is InChI=1S/C23H25N3O3S/c1-17(27)18-7-9-19(10-8-18)22(28)26(12-4-11-25-13-15-29-16-14-25)23-24-20-5-2-3-6-21(20)30-23/h2-3,5-10H,4,11-16H2,1H3/p+1. The maximum Gasteiger partial charge on any atom is 0.260 e. The highest BCUT2D eigenvalue weighted by Crippen LogP contribution is 2.29. The van der Waals surface area contributed by atoms with Gasteiger partial charge in [-0.2, -0.15) is 0 Å². The van der Waals surface area contributed by atoms with Gasteiger partial charge in [-0.05, 0) is 31.2 Å². The van der Waals surface area contributed by atoms with E-state index in [2.05, 4.69) is 0 Å². The molecule has 0 saturated carbocycles. The molecule has 2 aromatic carbocycles. The molecule has 1 aromatic heterocycles. The van der Waals surface area contributed by atoms with Gasteiger partial charge in [-0.3, -0.25) is 14.5 Å². The molecule has 1 saturated heterocycles. The number of para-hydroxylation sites is 1. The number of rotatable bonds is 7. The van der Waals surface area contributed by atoms with Crippen LogP contribution in [0, 0.1) is 0 Å². The second kappa shape index (κ2) is 9.47. The Labute approximate surface area is 180 Å². The number of aromatic nitrogens is 1. The molecule has 0 unspecified atom stereocenters. The Morgan fingerprint density at radius 1 is 1.07 bits per heavy atom. The number of fused-ring (bicyclic) bond motifs is 1. The Morgan fingerprint density at radius 3 is 2.47 bits per heavy atom. The number of nitrogens with one attached hydrogen (secondary N) is 1. The Kier molecular flexibility index (Phi) is 6.52. The molecule has 0 bridgehead atoms. The van der Waals surface area contributed by atoms with Crippen molar-refractivity contribution in [3.63, 3.8) is 0 Å². The lowest BCUT2D eigenvalue weighted by atomic mass is 10.1. The van der Waals surface area contributed by atoms with Crippen LogP contribution in [0.4, 0.5) is 5.13 Å². The first kappa shape index (κ1) is 20.7. The minimum Gasteiger partial charge on any atom is -0.370 e. The predicted molar refractivity (Wildman–Crippen MR) is 119 cm³/mol. The molecule has 0 radical (unpaired) electrons. The van der Waals surface area contributed by atoms with E-state index >= 15 is 0 Å². The fourth-order valence-corrected chi connectivity index (χ4v) is 4.65. The summed E-state index contributed by atoms with van der Waals surface area (Å²) in [5.74, 6) is -0.0911. The van der Waals surface area contributed by atoms with Crippen LogP contribution in [0.5, 0.6) is 0 Å². The fourth-order valence-electron chi connectivity index (χ4n) is 3.66. The van der Waals surface area contributed by atoms with E-state index in [1.54, 1.807) is 29.2 Å². The van der Waals surface area contributed by atoms with E-state index in [1.165, 1.54) is 23.2 Å². The second-order valence-corrected chi connectivity index (χ2v) is 8.53. The maximum absolute atomic E-state index is 13.4. The van der Waals surface area contributed by atoms with Crippen molar-refractivity contribution in [1.29, 1.82) is 0 Å². The smallest absolute Gasteiger partial charge is 0.260 e. The monoisotopic (exact) mass is 424 g/mol. The van der Waals surface area contributed by atoms with Gasteiger partial charge in [0.15, 0.2) is 10.9 Å². The van der Waals surface area contributed by atoms with Crippen LogP contribution in [0.15, 0.2) is 48.5 Å². The van der Waals surface area contributed by atoms with Crippen molar-refractivity contribution in [2.75, 3.05) is 44.3 Å². The van der Waals surface area contributed by atoms with E-state index in [0.717, 1.165) is 49.5 Å². The molecule has 1 amide bonds. The molecule has 0 spiro atoms. The molecule has 1 aliphatic heterocycles. The van der Waals surface area contributed by atoms with Crippen LogP contribution in [0.2, 0.25) is 0 Å². The van der Waals surface area contributed by atoms with Crippen molar-refractivity contribution >= 4 is 38.4 Å². The van der Waals surface area contributed by atoms with Gasteiger partial charge in [-0.1, -0.05) is 35.6 Å². The number of carbonyl (C=O) groups excluding carboxylic acids is 2. The van der Waals surface area contributed by atoms with Crippen LogP contribution in [0.1, 0.15) is 34.1 Å². The van der Waals surface area contributed by atoms with E-state index in [4.69, 9.17) is 9.72 Å². The highest BCUT2D eigenvalue weighted by atomic mass is 32.1. The molecule has 0 aliphatic carbocycles. The molecule has 4 rings (SSSR count). The largest absolute Gasteiger partial charge is 0.370 e. The summed E-state index contributed by atoms with van der Waals surface area (Å²) in [6, 6.07) is 14.8. The van der Waals surface area contributed by atoms with Gasteiger partial charge in [0.05, 0.1) is 30.0 Å². The van der Waals surface area contributed by atoms with Gasteiger partial charge in [0.1, 0.15) is 13.1 Å². The fraction of sp³-hybridized carbons (Fsp3) is 0.348. The number of ether oxygens (including phenoxy) is 1. The van der Waals surface area contributed by atoms with Crippen LogP contribution >= 0.6 is 11.3 Å². The first-order valence-electron chi connectivity index (χ1n) is 10.3. The van der Waals surface area contributed by atoms with E-state index in [1.807, 2.05) is 24.3 Å². The number of nitrogens with zero attached hydrogens (tertiary/aromatic N) is 2. The quantitative estimate of drug-likeness (QED) is 0.592. The number of benzene rings is 2. The molecule has 0 atom stereocenters. The van der Waals surface area contributed by atoms with Gasteiger partial charge in [0.25, 0.3) is 5.91 Å². The lowest BCUT2D eigenvalue weighted by Crippen LogP contribution is -3.14. The first-order valence-corrected chi connectivity index (χ1v) is 11.1. The van der Waals surface area contributed by atoms with Crippen molar-refractivity contribution < 1.29 is 19.2 Å². The van der Waals surface area contributed by atoms with E-state index < -0.39 is 0 Å². The van der Waals surface area contributed by atoms with Gasteiger partial charge >= 0.3 is 0 Å². The van der Waals surface area contributed by atoms with Crippen LogP contribution in [-0.4, -0.2) is 56.1 Å². The molecule has 30 heavy (non-hydrogen) atoms. The molecule has 1 N–H and O–H groups in total. The Balaban J connectivity index is 1.55. The molecule has 6 nitrogen and oxygen atoms in total. The van der Waals surface area contributed by atoms with Crippen molar-refractivity contribution in [3.8, 4) is 0 Å². The molecule has 7 heteroatoms. The highest BCUT2D eigenvalue weighted by Gasteiger charge is 2.22. The van der Waals surface area contributed by atoms with Crippen LogP contribution < -0.4 is 9.80 Å². The van der Waals surface area contributed by atoms with Gasteiger partial charge in [-0.15, -0.1) is 0 Å². The van der Waals surface area contributed by atoms with Gasteiger partial charge in [-0.25, -0.2) is 4.98 Å². The number of hydrogen-bond donors (Lipinski definition) is 1. The predicted octanol–water partition coefficient (Wildman–Crippen LogP) is 2.45. The lowest BCUT2D eigenvalue weighted by molar-refractivity contribution is -0.908. The van der Waals surface area contributed by atoms with Crippen molar-refractivity contribution in [2.24, 2.45) is 0 Å². The van der Waals surface area contributed by atoms with Crippen LogP contribution in [-0.2, 0) is 4.74 Å². The third-order valence-corrected chi connectivity index (χ3v) is 6.47. The Bertz CT molecular complexity index is 993. The summed E-state index contributed by atoms with van der Waals surface area (Å²) in [6.07, 6.45) is 0.891. The number of amides is 1. The molecular formula is C23H26N3O3S+. The summed E-state index contributed by atoms with van der Waals surface area (Å²) < 4.78 is 6.50. The summed E-state index contributed by atoms with van der Waals surface area (Å²) in [5.41, 5.74) is 2.08. The van der Waals surface area contributed by atoms with E-state index in [9.17, 15) is 9.59 Å². The number of morpholine rings is 1. The van der Waals surface area contributed by atoms with Crippen molar-refractivity contribution in [3.05, 3.63) is 59.7 Å². The van der Waals surface area contributed by atoms with Crippen molar-refractivity contribution in [2.45, 2.75) is 13.3 Å². The number of carbonyl (C=O) groups is 2. The molecule has 3 aromatic rings. The normalized spacial score (nSPS) is 14.7. The molecule has 1 fully saturated rings. The summed E-state index contributed by atoms with van der Waals surface area (Å²) in [5, 5.41) is 0.717. The van der Waals surface area contributed by atoms with Crippen LogP contribution in [0.3, 0.4) is 0 Å². The molecule has 1 aliphatic rings.